The molecule has 0 bridgehead atoms. The summed E-state index contributed by atoms with van der Waals surface area (Å²) < 4.78 is 57.5. The van der Waals surface area contributed by atoms with Gasteiger partial charge >= 0.3 is 15.6 Å². The summed E-state index contributed by atoms with van der Waals surface area (Å²) in [4.78, 5) is 0. The van der Waals surface area contributed by atoms with Gasteiger partial charge in [-0.15, -0.1) is 0 Å². The zero-order valence-corrected chi connectivity index (χ0v) is 6.12. The molecule has 0 radical (unpaired) electrons. The van der Waals surface area contributed by atoms with E-state index in [1.807, 2.05) is 13.8 Å². The molecular weight excluding hydrogens is 173 g/mol. The van der Waals surface area contributed by atoms with Crippen molar-refractivity contribution < 1.29 is 26.1 Å². The molecule has 10 heavy (non-hydrogen) atoms. The summed E-state index contributed by atoms with van der Waals surface area (Å²) in [6.45, 7) is 4.00. The fraction of sp³-hybridized carbons (Fsp3) is 1.00. The standard InChI is InChI=1S/C2H6.CHF3O3S/c1-2;2-1(3,4)8(5,6)7/h1-2H3;(H,5,6,7). The molecule has 0 aromatic carbocycles. The molecule has 0 saturated carbocycles. The van der Waals surface area contributed by atoms with Gasteiger partial charge in [0.15, 0.2) is 0 Å². The van der Waals surface area contributed by atoms with E-state index < -0.39 is 15.6 Å². The molecular formula is C3H7F3O3S. The lowest BCUT2D eigenvalue weighted by Crippen LogP contribution is -2.21. The van der Waals surface area contributed by atoms with Gasteiger partial charge in [0, 0.05) is 0 Å². The molecule has 0 unspecified atom stereocenters. The van der Waals surface area contributed by atoms with Gasteiger partial charge in [0.25, 0.3) is 0 Å². The average Bonchev–Trinajstić information content (AvgIpc) is 1.66. The number of alkyl halides is 3. The van der Waals surface area contributed by atoms with Crippen LogP contribution in [0.5, 0.6) is 0 Å². The van der Waals surface area contributed by atoms with Gasteiger partial charge in [0.1, 0.15) is 0 Å². The molecule has 0 aliphatic rings. The van der Waals surface area contributed by atoms with E-state index in [2.05, 4.69) is 0 Å². The zero-order chi connectivity index (χ0) is 9.00. The second kappa shape index (κ2) is 3.77. The Morgan fingerprint density at radius 3 is 1.30 bits per heavy atom. The molecule has 0 aromatic heterocycles. The summed E-state index contributed by atoms with van der Waals surface area (Å²) in [6.07, 6.45) is 0. The maximum absolute atomic E-state index is 10.7. The Morgan fingerprint density at radius 1 is 1.20 bits per heavy atom. The normalized spacial score (nSPS) is 11.8. The Hall–Kier alpha value is -0.300. The fourth-order valence-corrected chi connectivity index (χ4v) is 0. The minimum absolute atomic E-state index is 2.00. The summed E-state index contributed by atoms with van der Waals surface area (Å²) in [7, 11) is -5.84. The molecule has 3 nitrogen and oxygen atoms in total. The Kier molecular flexibility index (Phi) is 4.67. The Balaban J connectivity index is 0. The summed E-state index contributed by atoms with van der Waals surface area (Å²) in [5, 5.41) is 0. The topological polar surface area (TPSA) is 54.4 Å². The van der Waals surface area contributed by atoms with Crippen LogP contribution in [-0.4, -0.2) is 18.5 Å². The van der Waals surface area contributed by atoms with E-state index in [4.69, 9.17) is 13.0 Å². The molecule has 0 spiro atoms. The lowest BCUT2D eigenvalue weighted by Gasteiger charge is -1.97. The lowest BCUT2D eigenvalue weighted by molar-refractivity contribution is -0.0510. The minimum atomic E-state index is -5.84. The van der Waals surface area contributed by atoms with Crippen LogP contribution in [-0.2, 0) is 10.1 Å². The van der Waals surface area contributed by atoms with Gasteiger partial charge in [0.2, 0.25) is 0 Å². The third-order valence-corrected chi connectivity index (χ3v) is 0.877. The SMILES string of the molecule is CC.O=S(=O)(O)C(F)(F)F. The largest absolute Gasteiger partial charge is 0.522 e. The smallest absolute Gasteiger partial charge is 0.279 e. The van der Waals surface area contributed by atoms with Crippen LogP contribution in [0.25, 0.3) is 0 Å². The van der Waals surface area contributed by atoms with E-state index in [0.717, 1.165) is 0 Å². The molecule has 7 heteroatoms. The maximum Gasteiger partial charge on any atom is 0.522 e. The molecule has 0 heterocycles. The Morgan fingerprint density at radius 2 is 1.30 bits per heavy atom. The molecule has 64 valence electrons. The average molecular weight is 180 g/mol. The van der Waals surface area contributed by atoms with E-state index in [1.165, 1.54) is 0 Å². The quantitative estimate of drug-likeness (QED) is 0.453. The lowest BCUT2D eigenvalue weighted by atomic mass is 11.0. The third kappa shape index (κ3) is 4.57. The first-order valence-corrected chi connectivity index (χ1v) is 3.73. The van der Waals surface area contributed by atoms with E-state index in [-0.39, 0.29) is 0 Å². The highest BCUT2D eigenvalue weighted by atomic mass is 32.2. The molecule has 0 aromatic rings. The first-order chi connectivity index (χ1) is 4.25. The van der Waals surface area contributed by atoms with Crippen molar-refractivity contribution >= 4 is 10.1 Å². The van der Waals surface area contributed by atoms with Crippen LogP contribution in [0.4, 0.5) is 13.2 Å². The zero-order valence-electron chi connectivity index (χ0n) is 5.31. The summed E-state index contributed by atoms with van der Waals surface area (Å²) in [5.41, 5.74) is -5.53. The van der Waals surface area contributed by atoms with Gasteiger partial charge in [-0.05, 0) is 0 Å². The van der Waals surface area contributed by atoms with Gasteiger partial charge in [-0.25, -0.2) is 0 Å². The predicted molar refractivity (Wildman–Crippen MR) is 29.0 cm³/mol. The van der Waals surface area contributed by atoms with Crippen molar-refractivity contribution in [1.29, 1.82) is 0 Å². The Bertz CT molecular complexity index is 168. The number of rotatable bonds is 0. The number of hydrogen-bond acceptors (Lipinski definition) is 2. The van der Waals surface area contributed by atoms with Crippen molar-refractivity contribution in [3.63, 3.8) is 0 Å². The third-order valence-electron chi connectivity index (χ3n) is 0.292. The van der Waals surface area contributed by atoms with E-state index in [1.54, 1.807) is 0 Å². The molecule has 0 saturated heterocycles. The van der Waals surface area contributed by atoms with Crippen molar-refractivity contribution in [1.82, 2.24) is 0 Å². The monoisotopic (exact) mass is 180 g/mol. The summed E-state index contributed by atoms with van der Waals surface area (Å²) in [6, 6.07) is 0. The molecule has 0 fully saturated rings. The minimum Gasteiger partial charge on any atom is -0.279 e. The summed E-state index contributed by atoms with van der Waals surface area (Å²) in [5.74, 6) is 0. The van der Waals surface area contributed by atoms with Gasteiger partial charge < -0.3 is 0 Å². The van der Waals surface area contributed by atoms with Crippen molar-refractivity contribution in [3.8, 4) is 0 Å². The van der Waals surface area contributed by atoms with Gasteiger partial charge in [0.05, 0.1) is 0 Å². The number of hydrogen-bond donors (Lipinski definition) is 1. The van der Waals surface area contributed by atoms with Crippen LogP contribution in [0.3, 0.4) is 0 Å². The predicted octanol–water partition coefficient (Wildman–Crippen LogP) is 1.42. The second-order valence-electron chi connectivity index (χ2n) is 0.921. The maximum atomic E-state index is 10.7. The molecule has 0 aliphatic heterocycles. The highest BCUT2D eigenvalue weighted by Gasteiger charge is 2.44. The number of halogens is 3. The fourth-order valence-electron chi connectivity index (χ4n) is 0. The van der Waals surface area contributed by atoms with Crippen LogP contribution in [0.15, 0.2) is 0 Å². The van der Waals surface area contributed by atoms with Gasteiger partial charge in [-0.1, -0.05) is 13.8 Å². The van der Waals surface area contributed by atoms with Crippen molar-refractivity contribution in [2.24, 2.45) is 0 Å². The van der Waals surface area contributed by atoms with Crippen LogP contribution in [0, 0.1) is 0 Å². The van der Waals surface area contributed by atoms with E-state index >= 15 is 0 Å². The van der Waals surface area contributed by atoms with E-state index in [9.17, 15) is 13.2 Å². The van der Waals surface area contributed by atoms with Crippen LogP contribution in [0.2, 0.25) is 0 Å². The molecule has 0 atom stereocenters. The Labute approximate surface area is 56.6 Å². The molecule has 0 aliphatic carbocycles. The highest BCUT2D eigenvalue weighted by molar-refractivity contribution is 7.86. The highest BCUT2D eigenvalue weighted by Crippen LogP contribution is 2.20. The first-order valence-electron chi connectivity index (χ1n) is 2.29. The summed E-state index contributed by atoms with van der Waals surface area (Å²) >= 11 is 0. The van der Waals surface area contributed by atoms with Crippen molar-refractivity contribution in [2.75, 3.05) is 0 Å². The van der Waals surface area contributed by atoms with Crippen LogP contribution in [0.1, 0.15) is 13.8 Å². The molecule has 0 amide bonds. The van der Waals surface area contributed by atoms with Crippen molar-refractivity contribution in [3.05, 3.63) is 0 Å². The van der Waals surface area contributed by atoms with Crippen LogP contribution < -0.4 is 0 Å². The molecule has 0 rings (SSSR count). The van der Waals surface area contributed by atoms with Crippen LogP contribution >= 0.6 is 0 Å². The second-order valence-corrected chi connectivity index (χ2v) is 2.33. The first kappa shape index (κ1) is 12.4. The van der Waals surface area contributed by atoms with E-state index in [0.29, 0.717) is 0 Å². The molecule has 1 N–H and O–H groups in total. The van der Waals surface area contributed by atoms with Gasteiger partial charge in [-0.3, -0.25) is 4.55 Å². The van der Waals surface area contributed by atoms with Crippen molar-refractivity contribution in [2.45, 2.75) is 19.4 Å². The van der Waals surface area contributed by atoms with Gasteiger partial charge in [-0.2, -0.15) is 21.6 Å².